The molecule has 0 radical (unpaired) electrons. The zero-order chi connectivity index (χ0) is 15.2. The molecule has 2 rings (SSSR count). The zero-order valence-corrected chi connectivity index (χ0v) is 11.5. The predicted octanol–water partition coefficient (Wildman–Crippen LogP) is 2.64. The average Bonchev–Trinajstić information content (AvgIpc) is 2.53. The molecule has 1 atom stereocenters. The van der Waals surface area contributed by atoms with Gasteiger partial charge in [0.2, 0.25) is 0 Å². The van der Waals surface area contributed by atoms with Crippen molar-refractivity contribution in [1.29, 1.82) is 0 Å². The summed E-state index contributed by atoms with van der Waals surface area (Å²) in [6.07, 6.45) is 0. The van der Waals surface area contributed by atoms with Gasteiger partial charge in [-0.25, -0.2) is 9.18 Å². The van der Waals surface area contributed by atoms with Crippen molar-refractivity contribution < 1.29 is 19.0 Å². The number of hydrogen-bond donors (Lipinski definition) is 2. The largest absolute Gasteiger partial charge is 0.467 e. The van der Waals surface area contributed by atoms with Crippen LogP contribution in [0, 0.1) is 5.82 Å². The third kappa shape index (κ3) is 3.79. The molecular weight excluding hydrogens is 273 g/mol. The first kappa shape index (κ1) is 15.0. The number of carbonyl (C=O) groups is 1. The SMILES string of the molecule is COC(=O)[C@H](Nc1ccc(CO)cc1)c1ccc(F)cc1. The molecule has 0 heterocycles. The molecule has 0 spiro atoms. The van der Waals surface area contributed by atoms with Gasteiger partial charge in [0, 0.05) is 5.69 Å². The maximum absolute atomic E-state index is 13.0. The van der Waals surface area contributed by atoms with Gasteiger partial charge in [-0.2, -0.15) is 0 Å². The van der Waals surface area contributed by atoms with Crippen molar-refractivity contribution in [3.63, 3.8) is 0 Å². The Hall–Kier alpha value is -2.40. The lowest BCUT2D eigenvalue weighted by molar-refractivity contribution is -0.141. The Morgan fingerprint density at radius 3 is 2.33 bits per heavy atom. The van der Waals surface area contributed by atoms with Gasteiger partial charge in [-0.1, -0.05) is 24.3 Å². The highest BCUT2D eigenvalue weighted by atomic mass is 19.1. The molecule has 5 heteroatoms. The number of ether oxygens (including phenoxy) is 1. The topological polar surface area (TPSA) is 58.6 Å². The summed E-state index contributed by atoms with van der Waals surface area (Å²) in [5, 5.41) is 12.0. The molecule has 0 bridgehead atoms. The van der Waals surface area contributed by atoms with Crippen LogP contribution in [0.1, 0.15) is 17.2 Å². The highest BCUT2D eigenvalue weighted by molar-refractivity contribution is 5.81. The second kappa shape index (κ2) is 6.85. The minimum Gasteiger partial charge on any atom is -0.467 e. The van der Waals surface area contributed by atoms with Crippen LogP contribution in [-0.2, 0) is 16.1 Å². The minimum absolute atomic E-state index is 0.0430. The van der Waals surface area contributed by atoms with Crippen molar-refractivity contribution in [2.75, 3.05) is 12.4 Å². The smallest absolute Gasteiger partial charge is 0.332 e. The molecule has 0 saturated carbocycles. The average molecular weight is 289 g/mol. The maximum atomic E-state index is 13.0. The first-order valence-corrected chi connectivity index (χ1v) is 6.43. The number of esters is 1. The summed E-state index contributed by atoms with van der Waals surface area (Å²) in [6, 6.07) is 11.9. The van der Waals surface area contributed by atoms with Gasteiger partial charge in [-0.15, -0.1) is 0 Å². The Bertz CT molecular complexity index is 596. The Balaban J connectivity index is 2.23. The lowest BCUT2D eigenvalue weighted by Crippen LogP contribution is -2.22. The number of aliphatic hydroxyl groups is 1. The predicted molar refractivity (Wildman–Crippen MR) is 77.1 cm³/mol. The summed E-state index contributed by atoms with van der Waals surface area (Å²) < 4.78 is 17.8. The minimum atomic E-state index is -0.726. The number of carbonyl (C=O) groups excluding carboxylic acids is 1. The van der Waals surface area contributed by atoms with Crippen molar-refractivity contribution >= 4 is 11.7 Å². The second-order valence-corrected chi connectivity index (χ2v) is 4.51. The van der Waals surface area contributed by atoms with Crippen LogP contribution in [0.15, 0.2) is 48.5 Å². The number of nitrogens with one attached hydrogen (secondary N) is 1. The molecule has 110 valence electrons. The normalized spacial score (nSPS) is 11.8. The molecule has 0 aliphatic carbocycles. The summed E-state index contributed by atoms with van der Waals surface area (Å²) in [5.74, 6) is -0.831. The molecule has 21 heavy (non-hydrogen) atoms. The molecule has 0 fully saturated rings. The van der Waals surface area contributed by atoms with E-state index in [0.29, 0.717) is 11.3 Å². The van der Waals surface area contributed by atoms with Crippen LogP contribution in [0.25, 0.3) is 0 Å². The van der Waals surface area contributed by atoms with Crippen LogP contribution in [-0.4, -0.2) is 18.2 Å². The quantitative estimate of drug-likeness (QED) is 0.831. The number of benzene rings is 2. The third-order valence-electron chi connectivity index (χ3n) is 3.09. The first-order chi connectivity index (χ1) is 10.1. The van der Waals surface area contributed by atoms with Gasteiger partial charge in [-0.05, 0) is 35.4 Å². The van der Waals surface area contributed by atoms with Gasteiger partial charge < -0.3 is 15.2 Å². The van der Waals surface area contributed by atoms with Gasteiger partial charge in [-0.3, -0.25) is 0 Å². The van der Waals surface area contributed by atoms with E-state index < -0.39 is 12.0 Å². The Morgan fingerprint density at radius 1 is 1.19 bits per heavy atom. The molecule has 0 aliphatic heterocycles. The molecule has 0 aromatic heterocycles. The molecule has 0 amide bonds. The lowest BCUT2D eigenvalue weighted by Gasteiger charge is -2.18. The summed E-state index contributed by atoms with van der Waals surface area (Å²) in [6.45, 7) is -0.0430. The van der Waals surface area contributed by atoms with E-state index >= 15 is 0 Å². The number of halogens is 1. The van der Waals surface area contributed by atoms with Crippen LogP contribution in [0.2, 0.25) is 0 Å². The molecule has 2 N–H and O–H groups in total. The van der Waals surface area contributed by atoms with E-state index in [1.807, 2.05) is 0 Å². The highest BCUT2D eigenvalue weighted by Crippen LogP contribution is 2.21. The third-order valence-corrected chi connectivity index (χ3v) is 3.09. The summed E-state index contributed by atoms with van der Waals surface area (Å²) >= 11 is 0. The van der Waals surface area contributed by atoms with Crippen LogP contribution < -0.4 is 5.32 Å². The van der Waals surface area contributed by atoms with Crippen LogP contribution >= 0.6 is 0 Å². The van der Waals surface area contributed by atoms with Crippen molar-refractivity contribution in [3.05, 3.63) is 65.5 Å². The fourth-order valence-corrected chi connectivity index (χ4v) is 1.92. The van der Waals surface area contributed by atoms with Gasteiger partial charge in [0.05, 0.1) is 13.7 Å². The van der Waals surface area contributed by atoms with Crippen molar-refractivity contribution in [3.8, 4) is 0 Å². The maximum Gasteiger partial charge on any atom is 0.332 e. The van der Waals surface area contributed by atoms with E-state index in [0.717, 1.165) is 5.56 Å². The Kier molecular flexibility index (Phi) is 4.90. The molecule has 2 aromatic rings. The number of methoxy groups -OCH3 is 1. The first-order valence-electron chi connectivity index (χ1n) is 6.43. The fourth-order valence-electron chi connectivity index (χ4n) is 1.92. The van der Waals surface area contributed by atoms with Gasteiger partial charge >= 0.3 is 5.97 Å². The molecule has 4 nitrogen and oxygen atoms in total. The fraction of sp³-hybridized carbons (Fsp3) is 0.188. The van der Waals surface area contributed by atoms with Crippen molar-refractivity contribution in [1.82, 2.24) is 0 Å². The van der Waals surface area contributed by atoms with Crippen LogP contribution in [0.4, 0.5) is 10.1 Å². The Labute approximate surface area is 122 Å². The summed E-state index contributed by atoms with van der Waals surface area (Å²) in [5.41, 5.74) is 2.08. The van der Waals surface area contributed by atoms with E-state index in [9.17, 15) is 9.18 Å². The zero-order valence-electron chi connectivity index (χ0n) is 11.5. The highest BCUT2D eigenvalue weighted by Gasteiger charge is 2.21. The van der Waals surface area contributed by atoms with Gasteiger partial charge in [0.15, 0.2) is 6.04 Å². The molecular formula is C16H16FNO3. The lowest BCUT2D eigenvalue weighted by atomic mass is 10.1. The number of aliphatic hydroxyl groups excluding tert-OH is 1. The standard InChI is InChI=1S/C16H16FNO3/c1-21-16(20)15(12-4-6-13(17)7-5-12)18-14-8-2-11(10-19)3-9-14/h2-9,15,18-19H,10H2,1H3/t15-/m1/s1. The number of hydrogen-bond acceptors (Lipinski definition) is 4. The van der Waals surface area contributed by atoms with E-state index in [1.165, 1.54) is 31.4 Å². The number of anilines is 1. The second-order valence-electron chi connectivity index (χ2n) is 4.51. The van der Waals surface area contributed by atoms with Crippen molar-refractivity contribution in [2.45, 2.75) is 12.6 Å². The van der Waals surface area contributed by atoms with Crippen LogP contribution in [0.3, 0.4) is 0 Å². The molecule has 0 aliphatic rings. The number of rotatable bonds is 5. The van der Waals surface area contributed by atoms with Gasteiger partial charge in [0.25, 0.3) is 0 Å². The van der Waals surface area contributed by atoms with E-state index in [1.54, 1.807) is 24.3 Å². The molecule has 0 saturated heterocycles. The van der Waals surface area contributed by atoms with Gasteiger partial charge in [0.1, 0.15) is 5.82 Å². The van der Waals surface area contributed by atoms with E-state index in [-0.39, 0.29) is 12.4 Å². The summed E-state index contributed by atoms with van der Waals surface area (Å²) in [7, 11) is 1.30. The van der Waals surface area contributed by atoms with Crippen LogP contribution in [0.5, 0.6) is 0 Å². The van der Waals surface area contributed by atoms with E-state index in [4.69, 9.17) is 9.84 Å². The van der Waals surface area contributed by atoms with Crippen molar-refractivity contribution in [2.24, 2.45) is 0 Å². The summed E-state index contributed by atoms with van der Waals surface area (Å²) in [4.78, 5) is 11.9. The molecule has 2 aromatic carbocycles. The monoisotopic (exact) mass is 289 g/mol. The molecule has 0 unspecified atom stereocenters. The Morgan fingerprint density at radius 2 is 1.81 bits per heavy atom. The van der Waals surface area contributed by atoms with E-state index in [2.05, 4.69) is 5.32 Å².